The minimum atomic E-state index is -0.634. The first-order valence-electron chi connectivity index (χ1n) is 11.7. The molecule has 190 valence electrons. The van der Waals surface area contributed by atoms with Gasteiger partial charge in [0, 0.05) is 13.1 Å². The molecule has 3 N–H and O–H groups in total. The van der Waals surface area contributed by atoms with E-state index < -0.39 is 17.6 Å². The summed E-state index contributed by atoms with van der Waals surface area (Å²) in [6.07, 6.45) is 7.83. The third kappa shape index (κ3) is 5.89. The number of anilines is 2. The molecule has 1 unspecified atom stereocenters. The van der Waals surface area contributed by atoms with Gasteiger partial charge < -0.3 is 9.80 Å². The fraction of sp³-hybridized carbons (Fsp3) is 0.727. The number of thioether (sulfide) groups is 1. The fourth-order valence-corrected chi connectivity index (χ4v) is 5.20. The molecule has 1 aromatic heterocycles. The Morgan fingerprint density at radius 3 is 2.59 bits per heavy atom. The lowest BCUT2D eigenvalue weighted by Gasteiger charge is -2.54. The van der Waals surface area contributed by atoms with Crippen molar-refractivity contribution < 1.29 is 19.2 Å². The van der Waals surface area contributed by atoms with Gasteiger partial charge in [-0.15, -0.1) is 0 Å². The summed E-state index contributed by atoms with van der Waals surface area (Å²) in [6.45, 7) is 3.28. The van der Waals surface area contributed by atoms with Crippen molar-refractivity contribution in [1.82, 2.24) is 25.4 Å². The highest BCUT2D eigenvalue weighted by molar-refractivity contribution is 7.98. The van der Waals surface area contributed by atoms with Crippen molar-refractivity contribution in [3.63, 3.8) is 0 Å². The van der Waals surface area contributed by atoms with Crippen molar-refractivity contribution in [3.05, 3.63) is 5.82 Å². The number of hydrazine groups is 1. The van der Waals surface area contributed by atoms with Crippen LogP contribution in [0.3, 0.4) is 0 Å². The van der Waals surface area contributed by atoms with Crippen LogP contribution in [0.25, 0.3) is 0 Å². The van der Waals surface area contributed by atoms with E-state index in [9.17, 15) is 14.8 Å². The molecule has 1 saturated heterocycles. The monoisotopic (exact) mass is 497 g/mol. The number of hydrogen-bond donors (Lipinski definition) is 3. The lowest BCUT2D eigenvalue weighted by atomic mass is 9.85. The van der Waals surface area contributed by atoms with Crippen molar-refractivity contribution in [2.45, 2.75) is 56.1 Å². The van der Waals surface area contributed by atoms with E-state index in [1.807, 2.05) is 19.0 Å². The van der Waals surface area contributed by atoms with Crippen molar-refractivity contribution >= 4 is 35.7 Å². The van der Waals surface area contributed by atoms with Crippen LogP contribution in [0.2, 0.25) is 0 Å². The van der Waals surface area contributed by atoms with Gasteiger partial charge in [-0.25, -0.2) is 15.0 Å². The molecule has 0 bridgehead atoms. The van der Waals surface area contributed by atoms with Crippen LogP contribution in [0.4, 0.5) is 16.0 Å². The highest BCUT2D eigenvalue weighted by Crippen LogP contribution is 2.36. The Hall–Kier alpha value is -2.18. The largest absolute Gasteiger partial charge is 0.350 e. The summed E-state index contributed by atoms with van der Waals surface area (Å²) in [6, 6.07) is 0. The average molecular weight is 498 g/mol. The number of hydrogen-bond acceptors (Lipinski definition) is 9. The molecule has 3 rings (SSSR count). The van der Waals surface area contributed by atoms with Crippen LogP contribution in [-0.2, 0) is 9.59 Å². The van der Waals surface area contributed by atoms with Gasteiger partial charge in [-0.05, 0) is 39.1 Å². The Morgan fingerprint density at radius 1 is 1.35 bits per heavy atom. The molecule has 34 heavy (non-hydrogen) atoms. The number of carbonyl (C=O) groups is 2. The molecule has 2 heterocycles. The molecule has 1 aliphatic heterocycles. The topological polar surface area (TPSA) is 114 Å². The van der Waals surface area contributed by atoms with Crippen LogP contribution in [0.1, 0.15) is 45.4 Å². The second-order valence-corrected chi connectivity index (χ2v) is 10.2. The van der Waals surface area contributed by atoms with Crippen molar-refractivity contribution in [2.75, 3.05) is 50.3 Å². The predicted molar refractivity (Wildman–Crippen MR) is 129 cm³/mol. The van der Waals surface area contributed by atoms with E-state index in [-0.39, 0.29) is 30.1 Å². The van der Waals surface area contributed by atoms with E-state index in [1.54, 1.807) is 6.26 Å². The molecule has 2 aliphatic rings. The van der Waals surface area contributed by atoms with Crippen LogP contribution in [0.5, 0.6) is 0 Å². The lowest BCUT2D eigenvalue weighted by Crippen LogP contribution is -2.68. The van der Waals surface area contributed by atoms with Crippen molar-refractivity contribution in [3.8, 4) is 0 Å². The molecule has 1 saturated carbocycles. The highest BCUT2D eigenvalue weighted by atomic mass is 32.2. The van der Waals surface area contributed by atoms with Crippen LogP contribution >= 0.6 is 11.8 Å². The molecule has 0 aromatic carbocycles. The maximum Gasteiger partial charge on any atom is 0.243 e. The summed E-state index contributed by atoms with van der Waals surface area (Å²) in [5.41, 5.74) is 5.13. The number of nitrogens with zero attached hydrogens (tertiary/aromatic N) is 5. The van der Waals surface area contributed by atoms with Gasteiger partial charge in [0.25, 0.3) is 0 Å². The molecule has 1 aromatic rings. The number of carbonyl (C=O) groups excluding carboxylic acids is 2. The standard InChI is InChI=1S/C22H36FN7O3S/c1-5-22(28(2)3)12-29(13-22)19-17(23)18(24-21(25-19)34-4)26-27-20(32)16(11-30(33)14-31)10-15-8-6-7-9-15/h14-16,33H,5-13H2,1-4H3,(H,27,32)(H,24,25,26). The van der Waals surface area contributed by atoms with Crippen LogP contribution in [0.15, 0.2) is 5.16 Å². The van der Waals surface area contributed by atoms with Gasteiger partial charge in [0.15, 0.2) is 16.8 Å². The molecular weight excluding hydrogens is 461 g/mol. The molecule has 0 spiro atoms. The van der Waals surface area contributed by atoms with Gasteiger partial charge in [-0.2, -0.15) is 4.39 Å². The summed E-state index contributed by atoms with van der Waals surface area (Å²) in [7, 11) is 4.04. The van der Waals surface area contributed by atoms with Crippen LogP contribution < -0.4 is 15.8 Å². The number of hydroxylamine groups is 2. The maximum absolute atomic E-state index is 15.4. The van der Waals surface area contributed by atoms with Gasteiger partial charge in [0.1, 0.15) is 0 Å². The van der Waals surface area contributed by atoms with Gasteiger partial charge in [0.2, 0.25) is 18.1 Å². The van der Waals surface area contributed by atoms with Gasteiger partial charge >= 0.3 is 0 Å². The SMILES string of the molecule is CCC1(N(C)C)CN(c2nc(SC)nc(NNC(=O)C(CC3CCCC3)CN(O)C=O)c2F)C1. The predicted octanol–water partition coefficient (Wildman–Crippen LogP) is 2.36. The maximum atomic E-state index is 15.4. The number of halogens is 1. The zero-order valence-corrected chi connectivity index (χ0v) is 21.2. The first-order valence-corrected chi connectivity index (χ1v) is 13.0. The smallest absolute Gasteiger partial charge is 0.243 e. The second kappa shape index (κ2) is 11.5. The summed E-state index contributed by atoms with van der Waals surface area (Å²) in [5, 5.41) is 10.5. The Balaban J connectivity index is 1.71. The molecule has 12 heteroatoms. The summed E-state index contributed by atoms with van der Waals surface area (Å²) < 4.78 is 15.4. The number of likely N-dealkylation sites (N-methyl/N-ethyl adjacent to an activating group) is 1. The number of nitrogens with one attached hydrogen (secondary N) is 2. The van der Waals surface area contributed by atoms with E-state index >= 15 is 4.39 Å². The van der Waals surface area contributed by atoms with Gasteiger partial charge in [-0.3, -0.25) is 25.6 Å². The molecule has 2 amide bonds. The van der Waals surface area contributed by atoms with Gasteiger partial charge in [-0.1, -0.05) is 44.4 Å². The molecule has 0 radical (unpaired) electrons. The van der Waals surface area contributed by atoms with Crippen molar-refractivity contribution in [2.24, 2.45) is 11.8 Å². The molecule has 1 aliphatic carbocycles. The van der Waals surface area contributed by atoms with Crippen LogP contribution in [-0.4, -0.2) is 83.0 Å². The lowest BCUT2D eigenvalue weighted by molar-refractivity contribution is -0.154. The molecule has 10 nitrogen and oxygen atoms in total. The molecule has 1 atom stereocenters. The van der Waals surface area contributed by atoms with Gasteiger partial charge in [0.05, 0.1) is 18.0 Å². The Morgan fingerprint density at radius 2 is 2.03 bits per heavy atom. The molecule has 2 fully saturated rings. The third-order valence-corrected chi connectivity index (χ3v) is 7.72. The summed E-state index contributed by atoms with van der Waals surface area (Å²) in [4.78, 5) is 36.4. The normalized spacial score (nSPS) is 18.5. The van der Waals surface area contributed by atoms with E-state index in [0.717, 1.165) is 32.1 Å². The number of rotatable bonds is 12. The van der Waals surface area contributed by atoms with Crippen molar-refractivity contribution in [1.29, 1.82) is 0 Å². The van der Waals surface area contributed by atoms with E-state index in [4.69, 9.17) is 0 Å². The summed E-state index contributed by atoms with van der Waals surface area (Å²) >= 11 is 1.29. The first kappa shape index (κ1) is 26.4. The Bertz CT molecular complexity index is 863. The fourth-order valence-electron chi connectivity index (χ4n) is 4.84. The minimum absolute atomic E-state index is 0.0269. The van der Waals surface area contributed by atoms with Crippen LogP contribution in [0, 0.1) is 17.7 Å². The average Bonchev–Trinajstić information content (AvgIpc) is 3.30. The molecular formula is C22H36FN7O3S. The Kier molecular flexibility index (Phi) is 8.94. The Labute approximate surface area is 204 Å². The third-order valence-electron chi connectivity index (χ3n) is 7.17. The highest BCUT2D eigenvalue weighted by Gasteiger charge is 2.45. The summed E-state index contributed by atoms with van der Waals surface area (Å²) in [5.74, 6) is -1.24. The number of aromatic nitrogens is 2. The zero-order chi connectivity index (χ0) is 24.9. The quantitative estimate of drug-likeness (QED) is 0.132. The van der Waals surface area contributed by atoms with E-state index in [0.29, 0.717) is 35.6 Å². The zero-order valence-electron chi connectivity index (χ0n) is 20.4. The minimum Gasteiger partial charge on any atom is -0.350 e. The van der Waals surface area contributed by atoms with E-state index in [2.05, 4.69) is 32.6 Å². The second-order valence-electron chi connectivity index (χ2n) is 9.45. The number of amides is 2. The van der Waals surface area contributed by atoms with E-state index in [1.165, 1.54) is 11.8 Å². The first-order chi connectivity index (χ1) is 16.2.